The summed E-state index contributed by atoms with van der Waals surface area (Å²) in [5.74, 6) is -2.77. The van der Waals surface area contributed by atoms with Gasteiger partial charge in [-0.3, -0.25) is 14.4 Å². The summed E-state index contributed by atoms with van der Waals surface area (Å²) in [5, 5.41) is 21.9. The number of fused-ring (bicyclic) bond motifs is 3. The Morgan fingerprint density at radius 2 is 1.82 bits per heavy atom. The number of carbonyl (C=O) groups excluding carboxylic acids is 3. The highest BCUT2D eigenvalue weighted by atomic mass is 16.5. The maximum atomic E-state index is 13.0. The molecule has 6 heteroatoms. The molecule has 0 fully saturated rings. The fraction of sp³-hybridized carbons (Fsp3) is 0.318. The summed E-state index contributed by atoms with van der Waals surface area (Å²) in [4.78, 5) is 38.5. The Morgan fingerprint density at radius 3 is 2.43 bits per heavy atom. The van der Waals surface area contributed by atoms with Gasteiger partial charge < -0.3 is 14.9 Å². The maximum absolute atomic E-state index is 13.0. The molecule has 0 radical (unpaired) electrons. The van der Waals surface area contributed by atoms with E-state index in [9.17, 15) is 24.6 Å². The molecule has 2 aliphatic rings. The van der Waals surface area contributed by atoms with Gasteiger partial charge in [-0.25, -0.2) is 0 Å². The van der Waals surface area contributed by atoms with Crippen LogP contribution in [0, 0.1) is 0 Å². The normalized spacial score (nSPS) is 22.9. The molecule has 2 atom stereocenters. The molecule has 144 valence electrons. The molecule has 0 aromatic heterocycles. The molecule has 2 aromatic rings. The van der Waals surface area contributed by atoms with Crippen LogP contribution in [0.1, 0.15) is 68.7 Å². The fourth-order valence-corrected chi connectivity index (χ4v) is 4.44. The van der Waals surface area contributed by atoms with E-state index in [1.54, 1.807) is 31.2 Å². The zero-order valence-electron chi connectivity index (χ0n) is 15.6. The van der Waals surface area contributed by atoms with E-state index in [1.807, 2.05) is 0 Å². The van der Waals surface area contributed by atoms with Crippen LogP contribution in [0.2, 0.25) is 0 Å². The Bertz CT molecular complexity index is 1040. The number of rotatable bonds is 2. The maximum Gasteiger partial charge on any atom is 0.316 e. The Hall–Kier alpha value is -2.99. The van der Waals surface area contributed by atoms with Crippen LogP contribution in [-0.4, -0.2) is 40.5 Å². The molecule has 0 heterocycles. The van der Waals surface area contributed by atoms with E-state index >= 15 is 0 Å². The Balaban J connectivity index is 1.99. The second kappa shape index (κ2) is 6.27. The zero-order chi connectivity index (χ0) is 20.2. The van der Waals surface area contributed by atoms with Crippen molar-refractivity contribution in [2.24, 2.45) is 0 Å². The second-order valence-corrected chi connectivity index (χ2v) is 7.33. The van der Waals surface area contributed by atoms with Crippen LogP contribution in [0.25, 0.3) is 0 Å². The molecule has 2 unspecified atom stereocenters. The number of phenols is 1. The molecule has 0 saturated heterocycles. The molecule has 6 nitrogen and oxygen atoms in total. The summed E-state index contributed by atoms with van der Waals surface area (Å²) < 4.78 is 4.90. The van der Waals surface area contributed by atoms with Crippen molar-refractivity contribution in [1.29, 1.82) is 0 Å². The van der Waals surface area contributed by atoms with Gasteiger partial charge in [-0.1, -0.05) is 31.2 Å². The number of aliphatic hydroxyl groups is 1. The van der Waals surface area contributed by atoms with Gasteiger partial charge in [-0.2, -0.15) is 0 Å². The number of esters is 1. The zero-order valence-corrected chi connectivity index (χ0v) is 15.6. The Labute approximate surface area is 161 Å². The molecule has 0 bridgehead atoms. The van der Waals surface area contributed by atoms with Gasteiger partial charge in [-0.15, -0.1) is 0 Å². The lowest BCUT2D eigenvalue weighted by Gasteiger charge is -2.40. The first-order valence-electron chi connectivity index (χ1n) is 9.21. The van der Waals surface area contributed by atoms with Crippen LogP contribution in [0.4, 0.5) is 0 Å². The van der Waals surface area contributed by atoms with E-state index < -0.39 is 29.1 Å². The van der Waals surface area contributed by atoms with Crippen molar-refractivity contribution in [2.75, 3.05) is 7.11 Å². The van der Waals surface area contributed by atoms with Gasteiger partial charge in [0.2, 0.25) is 0 Å². The lowest BCUT2D eigenvalue weighted by molar-refractivity contribution is -0.151. The van der Waals surface area contributed by atoms with Crippen LogP contribution in [-0.2, 0) is 16.0 Å². The Kier molecular flexibility index (Phi) is 4.12. The monoisotopic (exact) mass is 380 g/mol. The number of ketones is 2. The van der Waals surface area contributed by atoms with E-state index in [4.69, 9.17) is 4.74 Å². The standard InChI is InChI=1S/C22H20O6/c1-3-22(27)9-8-13-14(17(22)21(26)28-2)10-15-16(20(13)25)19(24)12-7-5-4-6-11(12)18(15)23/h4-7,10,17,25,27H,3,8-9H2,1-2H3. The number of aromatic hydroxyl groups is 1. The SMILES string of the molecule is CCC1(O)CCc2c(cc3c(c2O)C(=O)c2ccccc2C3=O)C1C(=O)OC. The van der Waals surface area contributed by atoms with Gasteiger partial charge in [0.1, 0.15) is 11.7 Å². The van der Waals surface area contributed by atoms with E-state index in [0.717, 1.165) is 0 Å². The molecule has 0 spiro atoms. The van der Waals surface area contributed by atoms with E-state index in [1.165, 1.54) is 13.2 Å². The van der Waals surface area contributed by atoms with E-state index in [2.05, 4.69) is 0 Å². The van der Waals surface area contributed by atoms with Gasteiger partial charge in [-0.05, 0) is 36.5 Å². The number of benzene rings is 2. The quantitative estimate of drug-likeness (QED) is 0.663. The number of hydrogen-bond acceptors (Lipinski definition) is 6. The average Bonchev–Trinajstić information content (AvgIpc) is 2.71. The number of methoxy groups -OCH3 is 1. The molecule has 2 N–H and O–H groups in total. The summed E-state index contributed by atoms with van der Waals surface area (Å²) in [6.07, 6.45) is 0.830. The van der Waals surface area contributed by atoms with Crippen molar-refractivity contribution in [3.8, 4) is 5.75 Å². The largest absolute Gasteiger partial charge is 0.507 e. The van der Waals surface area contributed by atoms with Crippen LogP contribution in [0.5, 0.6) is 5.75 Å². The minimum atomic E-state index is -1.35. The van der Waals surface area contributed by atoms with Crippen molar-refractivity contribution >= 4 is 17.5 Å². The molecule has 4 rings (SSSR count). The van der Waals surface area contributed by atoms with Crippen molar-refractivity contribution in [2.45, 2.75) is 37.7 Å². The van der Waals surface area contributed by atoms with Crippen molar-refractivity contribution < 1.29 is 29.3 Å². The number of carbonyl (C=O) groups is 3. The van der Waals surface area contributed by atoms with Crippen LogP contribution < -0.4 is 0 Å². The van der Waals surface area contributed by atoms with Gasteiger partial charge in [0.25, 0.3) is 0 Å². The first kappa shape index (κ1) is 18.4. The van der Waals surface area contributed by atoms with Gasteiger partial charge in [0, 0.05) is 16.7 Å². The smallest absolute Gasteiger partial charge is 0.316 e. The molecular formula is C22H20O6. The number of ether oxygens (including phenoxy) is 1. The third kappa shape index (κ3) is 2.34. The minimum Gasteiger partial charge on any atom is -0.507 e. The van der Waals surface area contributed by atoms with Crippen LogP contribution in [0.15, 0.2) is 30.3 Å². The molecular weight excluding hydrogens is 360 g/mol. The number of hydrogen-bond donors (Lipinski definition) is 2. The summed E-state index contributed by atoms with van der Waals surface area (Å²) >= 11 is 0. The average molecular weight is 380 g/mol. The van der Waals surface area contributed by atoms with Crippen molar-refractivity contribution in [3.05, 3.63) is 63.7 Å². The number of phenolic OH excluding ortho intramolecular Hbond substituents is 1. The highest BCUT2D eigenvalue weighted by molar-refractivity contribution is 6.29. The molecule has 2 aliphatic carbocycles. The predicted octanol–water partition coefficient (Wildman–Crippen LogP) is 2.51. The molecule has 0 aliphatic heterocycles. The third-order valence-corrected chi connectivity index (χ3v) is 6.03. The van der Waals surface area contributed by atoms with E-state index in [-0.39, 0.29) is 40.8 Å². The fourth-order valence-electron chi connectivity index (χ4n) is 4.44. The highest BCUT2D eigenvalue weighted by Gasteiger charge is 2.48. The summed E-state index contributed by atoms with van der Waals surface area (Å²) in [6, 6.07) is 7.93. The minimum absolute atomic E-state index is 0.0343. The van der Waals surface area contributed by atoms with Crippen molar-refractivity contribution in [3.63, 3.8) is 0 Å². The Morgan fingerprint density at radius 1 is 1.18 bits per heavy atom. The first-order valence-corrected chi connectivity index (χ1v) is 9.21. The van der Waals surface area contributed by atoms with E-state index in [0.29, 0.717) is 17.5 Å². The molecule has 0 amide bonds. The summed E-state index contributed by atoms with van der Waals surface area (Å²) in [6.45, 7) is 1.77. The highest BCUT2D eigenvalue weighted by Crippen LogP contribution is 2.48. The summed E-state index contributed by atoms with van der Waals surface area (Å²) in [7, 11) is 1.23. The topological polar surface area (TPSA) is 101 Å². The van der Waals surface area contributed by atoms with Gasteiger partial charge in [0.05, 0.1) is 18.3 Å². The first-order chi connectivity index (χ1) is 13.3. The lowest BCUT2D eigenvalue weighted by atomic mass is 9.68. The van der Waals surface area contributed by atoms with Gasteiger partial charge in [0.15, 0.2) is 11.6 Å². The molecule has 28 heavy (non-hydrogen) atoms. The molecule has 2 aromatic carbocycles. The lowest BCUT2D eigenvalue weighted by Crippen LogP contribution is -2.44. The van der Waals surface area contributed by atoms with Crippen LogP contribution in [0.3, 0.4) is 0 Å². The third-order valence-electron chi connectivity index (χ3n) is 6.03. The van der Waals surface area contributed by atoms with Crippen LogP contribution >= 0.6 is 0 Å². The second-order valence-electron chi connectivity index (χ2n) is 7.33. The summed E-state index contributed by atoms with van der Waals surface area (Å²) in [5.41, 5.74) is -0.0640. The van der Waals surface area contributed by atoms with Crippen molar-refractivity contribution in [1.82, 2.24) is 0 Å². The molecule has 0 saturated carbocycles. The predicted molar refractivity (Wildman–Crippen MR) is 99.7 cm³/mol. The van der Waals surface area contributed by atoms with Gasteiger partial charge >= 0.3 is 5.97 Å².